The molecule has 1 rings (SSSR count). The molecule has 0 spiro atoms. The van der Waals surface area contributed by atoms with E-state index >= 15 is 0 Å². The Balaban J connectivity index is 2.42. The summed E-state index contributed by atoms with van der Waals surface area (Å²) in [5.41, 5.74) is 0. The van der Waals surface area contributed by atoms with Crippen LogP contribution < -0.4 is 0 Å². The van der Waals surface area contributed by atoms with Crippen LogP contribution in [-0.2, 0) is 0 Å². The normalized spacial score (nSPS) is 10.2. The molecule has 4 heteroatoms. The molecule has 0 aliphatic rings. The molecule has 0 radical (unpaired) electrons. The van der Waals surface area contributed by atoms with Crippen LogP contribution >= 0.6 is 51.7 Å². The molecule has 56 valence electrons. The number of thioether (sulfide) groups is 1. The molecule has 1 aromatic heterocycles. The summed E-state index contributed by atoms with van der Waals surface area (Å²) in [6.07, 6.45) is 0. The average Bonchev–Trinajstić information content (AvgIpc) is 2.31. The molecular formula is C6H7BrS3. The van der Waals surface area contributed by atoms with Gasteiger partial charge in [0, 0.05) is 5.75 Å². The molecule has 0 atom stereocenters. The van der Waals surface area contributed by atoms with E-state index in [-0.39, 0.29) is 0 Å². The van der Waals surface area contributed by atoms with Crippen molar-refractivity contribution >= 4 is 51.7 Å². The molecule has 1 aromatic rings. The van der Waals surface area contributed by atoms with Gasteiger partial charge in [-0.25, -0.2) is 0 Å². The second-order valence-corrected chi connectivity index (χ2v) is 5.94. The van der Waals surface area contributed by atoms with Crippen molar-refractivity contribution in [2.45, 2.75) is 4.21 Å². The molecule has 0 N–H and O–H groups in total. The van der Waals surface area contributed by atoms with Crippen LogP contribution in [0.2, 0.25) is 0 Å². The third kappa shape index (κ3) is 2.86. The maximum atomic E-state index is 4.13. The van der Waals surface area contributed by atoms with Crippen molar-refractivity contribution in [1.29, 1.82) is 0 Å². The Bertz CT molecular complexity index is 197. The monoisotopic (exact) mass is 254 g/mol. The molecule has 0 aliphatic heterocycles. The standard InChI is InChI=1S/C6H7BrS3/c7-5-1-2-6(10-5)9-4-3-8/h1-2,8H,3-4H2. The molecule has 0 fully saturated rings. The van der Waals surface area contributed by atoms with Crippen LogP contribution in [0.3, 0.4) is 0 Å². The maximum Gasteiger partial charge on any atom is 0.0710 e. The summed E-state index contributed by atoms with van der Waals surface area (Å²) in [5.74, 6) is 2.04. The highest BCUT2D eigenvalue weighted by Gasteiger charge is 1.95. The minimum atomic E-state index is 0.945. The van der Waals surface area contributed by atoms with E-state index in [0.717, 1.165) is 11.5 Å². The second kappa shape index (κ2) is 4.70. The van der Waals surface area contributed by atoms with Gasteiger partial charge < -0.3 is 0 Å². The number of halogens is 1. The van der Waals surface area contributed by atoms with E-state index in [1.807, 2.05) is 11.8 Å². The van der Waals surface area contributed by atoms with Gasteiger partial charge in [-0.1, -0.05) is 0 Å². The molecule has 0 saturated carbocycles. The van der Waals surface area contributed by atoms with Crippen molar-refractivity contribution < 1.29 is 0 Å². The van der Waals surface area contributed by atoms with Gasteiger partial charge in [-0.2, -0.15) is 12.6 Å². The van der Waals surface area contributed by atoms with Crippen LogP contribution in [0.15, 0.2) is 20.1 Å². The highest BCUT2D eigenvalue weighted by molar-refractivity contribution is 9.11. The predicted octanol–water partition coefficient (Wildman–Crippen LogP) is 3.53. The fraction of sp³-hybridized carbons (Fsp3) is 0.333. The topological polar surface area (TPSA) is 0 Å². The number of hydrogen-bond acceptors (Lipinski definition) is 3. The minimum absolute atomic E-state index is 0.945. The summed E-state index contributed by atoms with van der Waals surface area (Å²) in [7, 11) is 0. The Morgan fingerprint density at radius 1 is 1.60 bits per heavy atom. The Hall–Kier alpha value is 0.880. The summed E-state index contributed by atoms with van der Waals surface area (Å²) in [6, 6.07) is 4.20. The van der Waals surface area contributed by atoms with Crippen LogP contribution in [0.5, 0.6) is 0 Å². The SMILES string of the molecule is SCCSc1ccc(Br)s1. The predicted molar refractivity (Wildman–Crippen MR) is 56.6 cm³/mol. The first-order chi connectivity index (χ1) is 4.83. The summed E-state index contributed by atoms with van der Waals surface area (Å²) in [5, 5.41) is 0. The first-order valence-corrected chi connectivity index (χ1v) is 6.04. The highest BCUT2D eigenvalue weighted by atomic mass is 79.9. The molecule has 0 nitrogen and oxygen atoms in total. The zero-order valence-corrected chi connectivity index (χ0v) is 9.32. The lowest BCUT2D eigenvalue weighted by atomic mass is 10.7. The van der Waals surface area contributed by atoms with Crippen molar-refractivity contribution in [1.82, 2.24) is 0 Å². The molecule has 0 aliphatic carbocycles. The van der Waals surface area contributed by atoms with E-state index in [2.05, 4.69) is 40.7 Å². The smallest absolute Gasteiger partial charge is 0.0710 e. The minimum Gasteiger partial charge on any atom is -0.178 e. The summed E-state index contributed by atoms with van der Waals surface area (Å²) >= 11 is 11.2. The van der Waals surface area contributed by atoms with Gasteiger partial charge in [-0.15, -0.1) is 23.1 Å². The summed E-state index contributed by atoms with van der Waals surface area (Å²) in [4.78, 5) is 0. The van der Waals surface area contributed by atoms with Crippen LogP contribution in [-0.4, -0.2) is 11.5 Å². The van der Waals surface area contributed by atoms with Gasteiger partial charge in [0.05, 0.1) is 8.00 Å². The fourth-order valence-corrected chi connectivity index (χ4v) is 3.45. The zero-order chi connectivity index (χ0) is 7.40. The van der Waals surface area contributed by atoms with Crippen molar-refractivity contribution in [2.24, 2.45) is 0 Å². The highest BCUT2D eigenvalue weighted by Crippen LogP contribution is 2.30. The van der Waals surface area contributed by atoms with Crippen LogP contribution in [0.4, 0.5) is 0 Å². The third-order valence-electron chi connectivity index (χ3n) is 0.884. The number of thiol groups is 1. The molecule has 0 unspecified atom stereocenters. The van der Waals surface area contributed by atoms with Crippen LogP contribution in [0, 0.1) is 0 Å². The second-order valence-electron chi connectivity index (χ2n) is 1.63. The third-order valence-corrected chi connectivity index (χ3v) is 4.26. The van der Waals surface area contributed by atoms with E-state index in [1.165, 1.54) is 8.00 Å². The van der Waals surface area contributed by atoms with Gasteiger partial charge in [0.2, 0.25) is 0 Å². The Morgan fingerprint density at radius 2 is 2.40 bits per heavy atom. The van der Waals surface area contributed by atoms with E-state index in [0.29, 0.717) is 0 Å². The Morgan fingerprint density at radius 3 is 2.90 bits per heavy atom. The van der Waals surface area contributed by atoms with Crippen LogP contribution in [0.25, 0.3) is 0 Å². The van der Waals surface area contributed by atoms with E-state index in [4.69, 9.17) is 0 Å². The molecule has 0 amide bonds. The van der Waals surface area contributed by atoms with Gasteiger partial charge in [-0.3, -0.25) is 0 Å². The number of thiophene rings is 1. The average molecular weight is 255 g/mol. The lowest BCUT2D eigenvalue weighted by Crippen LogP contribution is -1.74. The molecule has 0 saturated heterocycles. The number of rotatable bonds is 3. The first kappa shape index (κ1) is 8.97. The Kier molecular flexibility index (Phi) is 4.21. The van der Waals surface area contributed by atoms with Crippen molar-refractivity contribution in [2.75, 3.05) is 11.5 Å². The lowest BCUT2D eigenvalue weighted by Gasteiger charge is -1.90. The van der Waals surface area contributed by atoms with Crippen molar-refractivity contribution in [3.05, 3.63) is 15.9 Å². The zero-order valence-electron chi connectivity index (χ0n) is 5.21. The van der Waals surface area contributed by atoms with Crippen LogP contribution in [0.1, 0.15) is 0 Å². The fourth-order valence-electron chi connectivity index (χ4n) is 0.522. The van der Waals surface area contributed by atoms with Gasteiger partial charge in [0.25, 0.3) is 0 Å². The van der Waals surface area contributed by atoms with Crippen molar-refractivity contribution in [3.8, 4) is 0 Å². The molecular weight excluding hydrogens is 248 g/mol. The van der Waals surface area contributed by atoms with Crippen molar-refractivity contribution in [3.63, 3.8) is 0 Å². The van der Waals surface area contributed by atoms with E-state index in [9.17, 15) is 0 Å². The van der Waals surface area contributed by atoms with Gasteiger partial charge >= 0.3 is 0 Å². The quantitative estimate of drug-likeness (QED) is 0.636. The van der Waals surface area contributed by atoms with E-state index in [1.54, 1.807) is 11.3 Å². The molecule has 10 heavy (non-hydrogen) atoms. The summed E-state index contributed by atoms with van der Waals surface area (Å²) in [6.45, 7) is 0. The maximum absolute atomic E-state index is 4.13. The summed E-state index contributed by atoms with van der Waals surface area (Å²) < 4.78 is 2.56. The molecule has 0 aromatic carbocycles. The van der Waals surface area contributed by atoms with Gasteiger partial charge in [-0.05, 0) is 33.8 Å². The van der Waals surface area contributed by atoms with Gasteiger partial charge in [0.1, 0.15) is 0 Å². The molecule has 1 heterocycles. The lowest BCUT2D eigenvalue weighted by molar-refractivity contribution is 1.55. The van der Waals surface area contributed by atoms with E-state index < -0.39 is 0 Å². The Labute approximate surface area is 82.9 Å². The first-order valence-electron chi connectivity index (χ1n) is 2.82. The van der Waals surface area contributed by atoms with Gasteiger partial charge in [0.15, 0.2) is 0 Å². The largest absolute Gasteiger partial charge is 0.178 e. The molecule has 0 bridgehead atoms. The number of hydrogen-bond donors (Lipinski definition) is 1.